The SMILES string of the molecule is Cc1c(C(=O)NNC(=O)Cc2c(F)cccc2Cl)oc2ccccc12. The molecule has 1 heterocycles. The van der Waals surface area contributed by atoms with E-state index >= 15 is 0 Å². The fourth-order valence-corrected chi connectivity index (χ4v) is 2.71. The molecule has 0 unspecified atom stereocenters. The lowest BCUT2D eigenvalue weighted by molar-refractivity contribution is -0.121. The van der Waals surface area contributed by atoms with Crippen LogP contribution in [0.4, 0.5) is 4.39 Å². The first-order valence-corrected chi connectivity index (χ1v) is 7.85. The molecule has 0 saturated heterocycles. The van der Waals surface area contributed by atoms with Crippen molar-refractivity contribution in [2.24, 2.45) is 0 Å². The van der Waals surface area contributed by atoms with Crippen molar-refractivity contribution >= 4 is 34.4 Å². The van der Waals surface area contributed by atoms with E-state index in [1.807, 2.05) is 12.1 Å². The number of rotatable bonds is 3. The average molecular weight is 361 g/mol. The van der Waals surface area contributed by atoms with Gasteiger partial charge >= 0.3 is 5.91 Å². The minimum atomic E-state index is -0.603. The maximum absolute atomic E-state index is 13.7. The Labute approximate surface area is 147 Å². The predicted octanol–water partition coefficient (Wildman–Crippen LogP) is 3.54. The Balaban J connectivity index is 1.67. The molecule has 2 aromatic carbocycles. The van der Waals surface area contributed by atoms with Gasteiger partial charge in [0.25, 0.3) is 0 Å². The highest BCUT2D eigenvalue weighted by Gasteiger charge is 2.18. The number of nitrogens with one attached hydrogen (secondary N) is 2. The van der Waals surface area contributed by atoms with E-state index in [9.17, 15) is 14.0 Å². The van der Waals surface area contributed by atoms with Gasteiger partial charge in [0.15, 0.2) is 5.76 Å². The number of hydrogen-bond acceptors (Lipinski definition) is 3. The molecule has 3 aromatic rings. The number of halogens is 2. The Morgan fingerprint density at radius 3 is 2.60 bits per heavy atom. The number of aryl methyl sites for hydroxylation is 1. The topological polar surface area (TPSA) is 71.3 Å². The van der Waals surface area contributed by atoms with E-state index < -0.39 is 17.6 Å². The number of fused-ring (bicyclic) bond motifs is 1. The molecule has 0 radical (unpaired) electrons. The minimum absolute atomic E-state index is 0.0656. The van der Waals surface area contributed by atoms with E-state index in [0.717, 1.165) is 5.39 Å². The quantitative estimate of drug-likeness (QED) is 0.702. The lowest BCUT2D eigenvalue weighted by atomic mass is 10.1. The summed E-state index contributed by atoms with van der Waals surface area (Å²) in [5.74, 6) is -1.68. The van der Waals surface area contributed by atoms with Gasteiger partial charge in [-0.1, -0.05) is 35.9 Å². The second-order valence-electron chi connectivity index (χ2n) is 5.43. The highest BCUT2D eigenvalue weighted by molar-refractivity contribution is 6.31. The van der Waals surface area contributed by atoms with Crippen molar-refractivity contribution in [3.63, 3.8) is 0 Å². The first-order valence-electron chi connectivity index (χ1n) is 7.47. The Hall–Kier alpha value is -2.86. The summed E-state index contributed by atoms with van der Waals surface area (Å²) in [5, 5.41) is 0.965. The second kappa shape index (κ2) is 6.94. The largest absolute Gasteiger partial charge is 0.451 e. The molecule has 128 valence electrons. The molecule has 0 bridgehead atoms. The van der Waals surface area contributed by atoms with Crippen molar-refractivity contribution < 1.29 is 18.4 Å². The number of amides is 2. The lowest BCUT2D eigenvalue weighted by Gasteiger charge is -2.08. The number of furan rings is 1. The molecule has 2 amide bonds. The van der Waals surface area contributed by atoms with Crippen LogP contribution >= 0.6 is 11.6 Å². The second-order valence-corrected chi connectivity index (χ2v) is 5.84. The zero-order valence-electron chi connectivity index (χ0n) is 13.2. The molecule has 2 N–H and O–H groups in total. The van der Waals surface area contributed by atoms with Gasteiger partial charge in [-0.2, -0.15) is 0 Å². The molecule has 0 aliphatic carbocycles. The first kappa shape index (κ1) is 17.0. The van der Waals surface area contributed by atoms with Gasteiger partial charge in [0, 0.05) is 21.5 Å². The molecular formula is C18H14ClFN2O3. The number of benzene rings is 2. The minimum Gasteiger partial charge on any atom is -0.451 e. The summed E-state index contributed by atoms with van der Waals surface area (Å²) < 4.78 is 19.2. The van der Waals surface area contributed by atoms with E-state index in [1.54, 1.807) is 19.1 Å². The fraction of sp³-hybridized carbons (Fsp3) is 0.111. The van der Waals surface area contributed by atoms with Crippen molar-refractivity contribution in [1.29, 1.82) is 0 Å². The van der Waals surface area contributed by atoms with Crippen LogP contribution in [0.25, 0.3) is 11.0 Å². The third-order valence-corrected chi connectivity index (χ3v) is 4.12. The normalized spacial score (nSPS) is 10.7. The highest BCUT2D eigenvalue weighted by atomic mass is 35.5. The molecule has 1 aromatic heterocycles. The van der Waals surface area contributed by atoms with Gasteiger partial charge < -0.3 is 4.42 Å². The standard InChI is InChI=1S/C18H14ClFN2O3/c1-10-11-5-2-3-8-15(11)25-17(10)18(24)22-21-16(23)9-12-13(19)6-4-7-14(12)20/h2-8H,9H2,1H3,(H,21,23)(H,22,24). The molecular weight excluding hydrogens is 347 g/mol. The third kappa shape index (κ3) is 3.49. The van der Waals surface area contributed by atoms with E-state index in [2.05, 4.69) is 10.9 Å². The smallest absolute Gasteiger partial charge is 0.305 e. The van der Waals surface area contributed by atoms with Crippen LogP contribution in [0.5, 0.6) is 0 Å². The number of hydrazine groups is 1. The van der Waals surface area contributed by atoms with Gasteiger partial charge in [-0.3, -0.25) is 20.4 Å². The Morgan fingerprint density at radius 1 is 1.12 bits per heavy atom. The number of hydrogen-bond donors (Lipinski definition) is 2. The van der Waals surface area contributed by atoms with Crippen LogP contribution < -0.4 is 10.9 Å². The highest BCUT2D eigenvalue weighted by Crippen LogP contribution is 2.24. The summed E-state index contributed by atoms with van der Waals surface area (Å²) in [6.07, 6.45) is -0.301. The summed E-state index contributed by atoms with van der Waals surface area (Å²) >= 11 is 5.88. The van der Waals surface area contributed by atoms with Gasteiger partial charge in [0.1, 0.15) is 11.4 Å². The van der Waals surface area contributed by atoms with Crippen molar-refractivity contribution in [1.82, 2.24) is 10.9 Å². The van der Waals surface area contributed by atoms with Crippen LogP contribution in [-0.4, -0.2) is 11.8 Å². The van der Waals surface area contributed by atoms with E-state index in [-0.39, 0.29) is 22.8 Å². The van der Waals surface area contributed by atoms with Gasteiger partial charge in [0.05, 0.1) is 6.42 Å². The first-order chi connectivity index (χ1) is 12.0. The molecule has 25 heavy (non-hydrogen) atoms. The van der Waals surface area contributed by atoms with Crippen molar-refractivity contribution in [3.05, 3.63) is 70.2 Å². The van der Waals surface area contributed by atoms with Gasteiger partial charge in [-0.05, 0) is 25.1 Å². The number of carbonyl (C=O) groups excluding carboxylic acids is 2. The summed E-state index contributed by atoms with van der Waals surface area (Å²) in [5.41, 5.74) is 5.80. The molecule has 0 aliphatic rings. The van der Waals surface area contributed by atoms with E-state index in [0.29, 0.717) is 11.1 Å². The van der Waals surface area contributed by atoms with Crippen molar-refractivity contribution in [2.45, 2.75) is 13.3 Å². The van der Waals surface area contributed by atoms with Crippen LogP contribution in [-0.2, 0) is 11.2 Å². The van der Waals surface area contributed by atoms with Gasteiger partial charge in [-0.15, -0.1) is 0 Å². The summed E-state index contributed by atoms with van der Waals surface area (Å²) in [7, 11) is 0. The molecule has 3 rings (SSSR count). The molecule has 0 spiro atoms. The maximum Gasteiger partial charge on any atom is 0.305 e. The van der Waals surface area contributed by atoms with Crippen LogP contribution in [0, 0.1) is 12.7 Å². The fourth-order valence-electron chi connectivity index (χ4n) is 2.48. The van der Waals surface area contributed by atoms with Crippen LogP contribution in [0.3, 0.4) is 0 Å². The zero-order chi connectivity index (χ0) is 18.0. The molecule has 7 heteroatoms. The maximum atomic E-state index is 13.7. The monoisotopic (exact) mass is 360 g/mol. The average Bonchev–Trinajstić information content (AvgIpc) is 2.93. The van der Waals surface area contributed by atoms with E-state index in [4.69, 9.17) is 16.0 Å². The molecule has 0 fully saturated rings. The molecule has 5 nitrogen and oxygen atoms in total. The lowest BCUT2D eigenvalue weighted by Crippen LogP contribution is -2.42. The predicted molar refractivity (Wildman–Crippen MR) is 91.7 cm³/mol. The number of para-hydroxylation sites is 1. The van der Waals surface area contributed by atoms with Crippen LogP contribution in [0.1, 0.15) is 21.7 Å². The number of carbonyl (C=O) groups is 2. The van der Waals surface area contributed by atoms with Crippen LogP contribution in [0.2, 0.25) is 5.02 Å². The summed E-state index contributed by atoms with van der Waals surface area (Å²) in [4.78, 5) is 24.1. The van der Waals surface area contributed by atoms with Gasteiger partial charge in [-0.25, -0.2) is 4.39 Å². The third-order valence-electron chi connectivity index (χ3n) is 3.76. The molecule has 0 saturated carbocycles. The summed E-state index contributed by atoms with van der Waals surface area (Å²) in [6, 6.07) is 11.4. The summed E-state index contributed by atoms with van der Waals surface area (Å²) in [6.45, 7) is 1.75. The molecule has 0 atom stereocenters. The molecule has 0 aliphatic heterocycles. The van der Waals surface area contributed by atoms with Crippen molar-refractivity contribution in [2.75, 3.05) is 0 Å². The Kier molecular flexibility index (Phi) is 4.72. The zero-order valence-corrected chi connectivity index (χ0v) is 14.0. The van der Waals surface area contributed by atoms with Gasteiger partial charge in [0.2, 0.25) is 5.91 Å². The van der Waals surface area contributed by atoms with Crippen LogP contribution in [0.15, 0.2) is 46.9 Å². The Bertz CT molecular complexity index is 948. The van der Waals surface area contributed by atoms with E-state index in [1.165, 1.54) is 18.2 Å². The Morgan fingerprint density at radius 2 is 1.88 bits per heavy atom. The van der Waals surface area contributed by atoms with Crippen molar-refractivity contribution in [3.8, 4) is 0 Å².